The third-order valence-corrected chi connectivity index (χ3v) is 4.04. The van der Waals surface area contributed by atoms with E-state index in [4.69, 9.17) is 16.2 Å². The molecule has 2 rings (SSSR count). The molecule has 146 valence electrons. The van der Waals surface area contributed by atoms with Gasteiger partial charge in [-0.05, 0) is 25.0 Å². The lowest BCUT2D eigenvalue weighted by molar-refractivity contribution is 0.100. The number of rotatable bonds is 8. The molecule has 1 amide bonds. The van der Waals surface area contributed by atoms with Crippen molar-refractivity contribution in [2.45, 2.75) is 32.9 Å². The lowest BCUT2D eigenvalue weighted by Gasteiger charge is -2.27. The number of nitrogens with one attached hydrogen (secondary N) is 2. The largest absolute Gasteiger partial charge is 0.481 e. The van der Waals surface area contributed by atoms with Gasteiger partial charge in [-0.15, -0.1) is 0 Å². The minimum atomic E-state index is -0.802. The molecule has 0 unspecified atom stereocenters. The molecule has 2 atom stereocenters. The summed E-state index contributed by atoms with van der Waals surface area (Å²) < 4.78 is 19.6. The van der Waals surface area contributed by atoms with Gasteiger partial charge in [0.25, 0.3) is 5.91 Å². The van der Waals surface area contributed by atoms with Crippen LogP contribution in [-0.2, 0) is 0 Å². The molecular weight excluding hydrogens is 351 g/mol. The van der Waals surface area contributed by atoms with E-state index in [1.165, 1.54) is 13.3 Å². The molecular formula is C18H25FN6O2. The van der Waals surface area contributed by atoms with Gasteiger partial charge >= 0.3 is 0 Å². The number of ether oxygens (including phenoxy) is 1. The Balaban J connectivity index is 2.43. The van der Waals surface area contributed by atoms with Gasteiger partial charge in [0.1, 0.15) is 5.82 Å². The molecule has 0 spiro atoms. The number of anilines is 3. The maximum atomic E-state index is 14.5. The average Bonchev–Trinajstić information content (AvgIpc) is 2.60. The van der Waals surface area contributed by atoms with Gasteiger partial charge in [0.05, 0.1) is 12.7 Å². The predicted molar refractivity (Wildman–Crippen MR) is 103 cm³/mol. The van der Waals surface area contributed by atoms with Crippen molar-refractivity contribution >= 4 is 23.2 Å². The number of hydrogen-bond donors (Lipinski definition) is 4. The van der Waals surface area contributed by atoms with E-state index in [1.807, 2.05) is 20.8 Å². The second-order valence-electron chi connectivity index (χ2n) is 6.56. The van der Waals surface area contributed by atoms with Gasteiger partial charge in [-0.3, -0.25) is 4.79 Å². The molecule has 2 aromatic rings. The van der Waals surface area contributed by atoms with Gasteiger partial charge < -0.3 is 26.8 Å². The van der Waals surface area contributed by atoms with Gasteiger partial charge in [-0.25, -0.2) is 14.4 Å². The number of methoxy groups -OCH3 is 1. The van der Waals surface area contributed by atoms with Crippen molar-refractivity contribution in [3.05, 3.63) is 35.8 Å². The molecule has 0 saturated heterocycles. The molecule has 0 radical (unpaired) electrons. The van der Waals surface area contributed by atoms with Crippen LogP contribution in [0.4, 0.5) is 21.7 Å². The minimum absolute atomic E-state index is 0.0143. The number of nitrogens with two attached hydrogens (primary N) is 2. The maximum absolute atomic E-state index is 14.5. The van der Waals surface area contributed by atoms with Crippen LogP contribution in [0.2, 0.25) is 0 Å². The number of pyridine rings is 2. The van der Waals surface area contributed by atoms with Crippen molar-refractivity contribution in [3.8, 4) is 5.88 Å². The zero-order valence-electron chi connectivity index (χ0n) is 15.8. The van der Waals surface area contributed by atoms with Gasteiger partial charge in [0, 0.05) is 30.0 Å². The van der Waals surface area contributed by atoms with Gasteiger partial charge in [0.2, 0.25) is 5.88 Å². The molecule has 0 aliphatic carbocycles. The Morgan fingerprint density at radius 2 is 1.96 bits per heavy atom. The number of amides is 1. The fourth-order valence-corrected chi connectivity index (χ4v) is 2.67. The number of carbonyl (C=O) groups is 1. The van der Waals surface area contributed by atoms with E-state index in [-0.39, 0.29) is 35.2 Å². The lowest BCUT2D eigenvalue weighted by atomic mass is 9.98. The molecule has 0 aromatic carbocycles. The summed E-state index contributed by atoms with van der Waals surface area (Å²) in [5, 5.41) is 5.98. The highest BCUT2D eigenvalue weighted by molar-refractivity contribution is 5.98. The van der Waals surface area contributed by atoms with E-state index in [1.54, 1.807) is 12.1 Å². The minimum Gasteiger partial charge on any atom is -0.481 e. The van der Waals surface area contributed by atoms with E-state index in [0.29, 0.717) is 11.6 Å². The smallest absolute Gasteiger partial charge is 0.252 e. The summed E-state index contributed by atoms with van der Waals surface area (Å²) in [6.07, 6.45) is 1.53. The Morgan fingerprint density at radius 1 is 1.26 bits per heavy atom. The van der Waals surface area contributed by atoms with Crippen molar-refractivity contribution in [1.82, 2.24) is 9.97 Å². The van der Waals surface area contributed by atoms with Crippen LogP contribution in [0.1, 0.15) is 31.1 Å². The lowest BCUT2D eigenvalue weighted by Crippen LogP contribution is -2.42. The molecule has 6 N–H and O–H groups in total. The first kappa shape index (κ1) is 20.4. The van der Waals surface area contributed by atoms with Gasteiger partial charge in [-0.2, -0.15) is 0 Å². The van der Waals surface area contributed by atoms with Crippen molar-refractivity contribution in [1.29, 1.82) is 0 Å². The second-order valence-corrected chi connectivity index (χ2v) is 6.56. The first-order valence-electron chi connectivity index (χ1n) is 8.52. The van der Waals surface area contributed by atoms with Crippen LogP contribution < -0.4 is 26.8 Å². The van der Waals surface area contributed by atoms with E-state index in [0.717, 1.165) is 6.07 Å². The Morgan fingerprint density at radius 3 is 2.52 bits per heavy atom. The zero-order valence-corrected chi connectivity index (χ0v) is 15.8. The van der Waals surface area contributed by atoms with Crippen molar-refractivity contribution in [2.75, 3.05) is 17.7 Å². The number of nitrogens with zero attached hydrogens (tertiary/aromatic N) is 2. The molecule has 8 nitrogen and oxygen atoms in total. The summed E-state index contributed by atoms with van der Waals surface area (Å²) in [5.74, 6) is -0.871. The van der Waals surface area contributed by atoms with Crippen LogP contribution in [-0.4, -0.2) is 35.1 Å². The summed E-state index contributed by atoms with van der Waals surface area (Å²) >= 11 is 0. The molecule has 0 aliphatic heterocycles. The first-order valence-corrected chi connectivity index (χ1v) is 8.52. The molecule has 0 aliphatic rings. The highest BCUT2D eigenvalue weighted by Gasteiger charge is 2.22. The van der Waals surface area contributed by atoms with Crippen molar-refractivity contribution < 1.29 is 13.9 Å². The van der Waals surface area contributed by atoms with E-state index in [9.17, 15) is 9.18 Å². The topological polar surface area (TPSA) is 128 Å². The summed E-state index contributed by atoms with van der Waals surface area (Å²) in [7, 11) is 1.49. The predicted octanol–water partition coefficient (Wildman–Crippen LogP) is 2.25. The molecule has 27 heavy (non-hydrogen) atoms. The van der Waals surface area contributed by atoms with Crippen LogP contribution in [0.15, 0.2) is 24.4 Å². The molecule has 0 saturated carbocycles. The highest BCUT2D eigenvalue weighted by Crippen LogP contribution is 2.26. The van der Waals surface area contributed by atoms with Crippen LogP contribution in [0.5, 0.6) is 5.88 Å². The van der Waals surface area contributed by atoms with Crippen LogP contribution >= 0.6 is 0 Å². The fraction of sp³-hybridized carbons (Fsp3) is 0.389. The molecule has 9 heteroatoms. The molecule has 2 heterocycles. The Bertz CT molecular complexity index is 804. The standard InChI is InChI=1S/C18H25FN6O2/c1-9(2)15(10(3)20)24-18-13(19)8-12(16(21)26)17(25-18)23-11-5-6-22-14(7-11)27-4/h5-10,15H,20H2,1-4H3,(H2,21,26)(H2,22,23,24,25)/t10-,15+/m0/s1. The fourth-order valence-electron chi connectivity index (χ4n) is 2.67. The maximum Gasteiger partial charge on any atom is 0.252 e. The number of aromatic nitrogens is 2. The van der Waals surface area contributed by atoms with E-state index in [2.05, 4.69) is 20.6 Å². The quantitative estimate of drug-likeness (QED) is 0.556. The van der Waals surface area contributed by atoms with E-state index < -0.39 is 11.7 Å². The Kier molecular flexibility index (Phi) is 6.51. The summed E-state index contributed by atoms with van der Waals surface area (Å²) in [4.78, 5) is 20.0. The highest BCUT2D eigenvalue weighted by atomic mass is 19.1. The van der Waals surface area contributed by atoms with Crippen molar-refractivity contribution in [3.63, 3.8) is 0 Å². The first-order chi connectivity index (χ1) is 12.7. The SMILES string of the molecule is COc1cc(Nc2nc(N[C@H](C(C)C)[C@H](C)N)c(F)cc2C(N)=O)ccn1. The molecule has 0 fully saturated rings. The van der Waals surface area contributed by atoms with Crippen LogP contribution in [0, 0.1) is 11.7 Å². The normalized spacial score (nSPS) is 13.1. The third kappa shape index (κ3) is 5.04. The van der Waals surface area contributed by atoms with Crippen molar-refractivity contribution in [2.24, 2.45) is 17.4 Å². The average molecular weight is 376 g/mol. The van der Waals surface area contributed by atoms with Gasteiger partial charge in [0.15, 0.2) is 11.6 Å². The van der Waals surface area contributed by atoms with Gasteiger partial charge in [-0.1, -0.05) is 13.8 Å². The molecule has 0 bridgehead atoms. The van der Waals surface area contributed by atoms with Crippen LogP contribution in [0.25, 0.3) is 0 Å². The summed E-state index contributed by atoms with van der Waals surface area (Å²) in [6.45, 7) is 5.77. The number of primary amides is 1. The van der Waals surface area contributed by atoms with Crippen LogP contribution in [0.3, 0.4) is 0 Å². The van der Waals surface area contributed by atoms with E-state index >= 15 is 0 Å². The monoisotopic (exact) mass is 376 g/mol. The Labute approximate surface area is 157 Å². The zero-order chi connectivity index (χ0) is 20.1. The summed E-state index contributed by atoms with van der Waals surface area (Å²) in [5.41, 5.74) is 11.8. The number of hydrogen-bond acceptors (Lipinski definition) is 7. The number of carbonyl (C=O) groups excluding carboxylic acids is 1. The molecule has 2 aromatic heterocycles. The Hall–Kier alpha value is -2.94. The second kappa shape index (κ2) is 8.63. The summed E-state index contributed by atoms with van der Waals surface area (Å²) in [6, 6.07) is 3.88. The third-order valence-electron chi connectivity index (χ3n) is 4.04. The number of halogens is 1.